The number of amides is 2. The third-order valence-corrected chi connectivity index (χ3v) is 9.63. The standard InChI is InChI=1S/C32H33FN4O4S/c33-26-14-16-36(31(26)41)28-13-12-21(18-34-28)23-9-3-4-11-24(23)27-19-42-32(35-27)37-15-6-5-10-22(20-7-1-2-8-20)25(30(37)40)17-29(38)39/h3-6,9,11-13,18-20,22,25-26H,1-2,7-8,10,14-17H2,(H,38,39)/b6-5-/t22-,25+,26-/m1/s1. The van der Waals surface area contributed by atoms with Gasteiger partial charge in [0.2, 0.25) is 5.91 Å². The fourth-order valence-corrected chi connectivity index (χ4v) is 7.46. The molecule has 2 aliphatic heterocycles. The molecule has 0 spiro atoms. The molecule has 10 heteroatoms. The van der Waals surface area contributed by atoms with E-state index >= 15 is 0 Å². The van der Waals surface area contributed by atoms with E-state index in [1.165, 1.54) is 16.2 Å². The van der Waals surface area contributed by atoms with Gasteiger partial charge >= 0.3 is 5.97 Å². The number of carbonyl (C=O) groups excluding carboxylic acids is 2. The van der Waals surface area contributed by atoms with E-state index in [1.807, 2.05) is 41.8 Å². The number of aromatic nitrogens is 2. The van der Waals surface area contributed by atoms with Crippen molar-refractivity contribution in [1.29, 1.82) is 0 Å². The topological polar surface area (TPSA) is 104 Å². The Kier molecular flexibility index (Phi) is 8.15. The van der Waals surface area contributed by atoms with Crippen molar-refractivity contribution in [3.05, 3.63) is 60.1 Å². The molecule has 2 amide bonds. The van der Waals surface area contributed by atoms with Crippen molar-refractivity contribution in [2.45, 2.75) is 51.1 Å². The molecule has 218 valence electrons. The van der Waals surface area contributed by atoms with Crippen LogP contribution in [0.3, 0.4) is 0 Å². The van der Waals surface area contributed by atoms with Gasteiger partial charge in [-0.15, -0.1) is 11.3 Å². The number of benzene rings is 1. The normalized spacial score (nSPS) is 24.2. The highest BCUT2D eigenvalue weighted by Gasteiger charge is 2.40. The van der Waals surface area contributed by atoms with Crippen LogP contribution in [0.4, 0.5) is 15.3 Å². The summed E-state index contributed by atoms with van der Waals surface area (Å²) in [5.41, 5.74) is 3.26. The number of carboxylic acids is 1. The van der Waals surface area contributed by atoms with E-state index < -0.39 is 24.0 Å². The maximum atomic E-state index is 14.0. The van der Waals surface area contributed by atoms with E-state index in [0.717, 1.165) is 48.8 Å². The first kappa shape index (κ1) is 28.2. The Balaban J connectivity index is 1.28. The maximum absolute atomic E-state index is 14.0. The minimum Gasteiger partial charge on any atom is -0.481 e. The molecule has 1 aromatic carbocycles. The molecular weight excluding hydrogens is 555 g/mol. The Morgan fingerprint density at radius 3 is 2.48 bits per heavy atom. The second kappa shape index (κ2) is 12.1. The predicted octanol–water partition coefficient (Wildman–Crippen LogP) is 6.14. The number of anilines is 2. The number of rotatable bonds is 7. The minimum atomic E-state index is -1.48. The highest BCUT2D eigenvalue weighted by atomic mass is 32.1. The number of hydrogen-bond acceptors (Lipinski definition) is 6. The van der Waals surface area contributed by atoms with Gasteiger partial charge in [-0.05, 0) is 36.0 Å². The van der Waals surface area contributed by atoms with Crippen LogP contribution in [-0.4, -0.2) is 52.1 Å². The third-order valence-electron chi connectivity index (χ3n) is 8.76. The van der Waals surface area contributed by atoms with Crippen LogP contribution in [0.25, 0.3) is 22.4 Å². The number of thiazole rings is 1. The Hall–Kier alpha value is -3.92. The first-order valence-corrected chi connectivity index (χ1v) is 15.4. The molecule has 0 radical (unpaired) electrons. The maximum Gasteiger partial charge on any atom is 0.304 e. The zero-order valence-corrected chi connectivity index (χ0v) is 24.0. The highest BCUT2D eigenvalue weighted by molar-refractivity contribution is 7.14. The molecule has 0 unspecified atom stereocenters. The van der Waals surface area contributed by atoms with E-state index in [2.05, 4.69) is 11.1 Å². The molecule has 3 aromatic rings. The number of carbonyl (C=O) groups is 3. The van der Waals surface area contributed by atoms with E-state index in [9.17, 15) is 23.9 Å². The van der Waals surface area contributed by atoms with Gasteiger partial charge in [0.15, 0.2) is 11.3 Å². The minimum absolute atomic E-state index is 0.0115. The van der Waals surface area contributed by atoms with Crippen LogP contribution in [-0.2, 0) is 14.4 Å². The molecule has 1 N–H and O–H groups in total. The summed E-state index contributed by atoms with van der Waals surface area (Å²) in [6, 6.07) is 11.3. The molecule has 4 heterocycles. The molecular formula is C32H33FN4O4S. The van der Waals surface area contributed by atoms with Crippen molar-refractivity contribution in [3.63, 3.8) is 0 Å². The number of carboxylic acid groups (broad SMARTS) is 1. The Labute approximate surface area is 247 Å². The number of nitrogens with zero attached hydrogens (tertiary/aromatic N) is 4. The van der Waals surface area contributed by atoms with Crippen LogP contribution < -0.4 is 9.80 Å². The first-order chi connectivity index (χ1) is 20.4. The van der Waals surface area contributed by atoms with Gasteiger partial charge in [0.25, 0.3) is 5.91 Å². The fourth-order valence-electron chi connectivity index (χ4n) is 6.62. The van der Waals surface area contributed by atoms with Gasteiger partial charge in [0.1, 0.15) is 5.82 Å². The number of halogens is 1. The van der Waals surface area contributed by atoms with Crippen LogP contribution in [0.2, 0.25) is 0 Å². The third kappa shape index (κ3) is 5.60. The van der Waals surface area contributed by atoms with Crippen molar-refractivity contribution in [1.82, 2.24) is 9.97 Å². The summed E-state index contributed by atoms with van der Waals surface area (Å²) in [7, 11) is 0. The molecule has 3 atom stereocenters. The second-order valence-corrected chi connectivity index (χ2v) is 12.1. The second-order valence-electron chi connectivity index (χ2n) is 11.3. The molecule has 3 aliphatic rings. The average molecular weight is 589 g/mol. The Bertz CT molecular complexity index is 1500. The van der Waals surface area contributed by atoms with E-state index in [-0.39, 0.29) is 24.7 Å². The summed E-state index contributed by atoms with van der Waals surface area (Å²) in [5, 5.41) is 12.2. The van der Waals surface area contributed by atoms with Gasteiger partial charge in [0.05, 0.1) is 18.0 Å². The average Bonchev–Trinajstić information content (AvgIpc) is 3.76. The smallest absolute Gasteiger partial charge is 0.304 e. The SMILES string of the molecule is O=C(O)C[C@@H]1C(=O)N(c2nc(-c3ccccc3-c3ccc(N4CC[C@@H](F)C4=O)nc3)cs2)C/C=C\C[C@@H]1C1CCCC1. The largest absolute Gasteiger partial charge is 0.481 e. The van der Waals surface area contributed by atoms with E-state index in [1.54, 1.807) is 17.2 Å². The number of alkyl halides is 1. The summed E-state index contributed by atoms with van der Waals surface area (Å²) in [5.74, 6) is -1.46. The molecule has 2 aromatic heterocycles. The van der Waals surface area contributed by atoms with Crippen LogP contribution in [0.5, 0.6) is 0 Å². The lowest BCUT2D eigenvalue weighted by Crippen LogP contribution is -2.43. The van der Waals surface area contributed by atoms with Gasteiger partial charge in [-0.25, -0.2) is 14.4 Å². The molecule has 1 saturated heterocycles. The lowest BCUT2D eigenvalue weighted by Gasteiger charge is -2.34. The predicted molar refractivity (Wildman–Crippen MR) is 160 cm³/mol. The van der Waals surface area contributed by atoms with Crippen molar-refractivity contribution in [3.8, 4) is 22.4 Å². The van der Waals surface area contributed by atoms with Crippen molar-refractivity contribution in [2.75, 3.05) is 22.9 Å². The zero-order chi connectivity index (χ0) is 29.2. The van der Waals surface area contributed by atoms with E-state index in [4.69, 9.17) is 4.98 Å². The Morgan fingerprint density at radius 2 is 1.79 bits per heavy atom. The highest BCUT2D eigenvalue weighted by Crippen LogP contribution is 2.41. The van der Waals surface area contributed by atoms with Crippen molar-refractivity contribution < 1.29 is 23.9 Å². The van der Waals surface area contributed by atoms with Crippen molar-refractivity contribution in [2.24, 2.45) is 17.8 Å². The number of hydrogen-bond donors (Lipinski definition) is 1. The van der Waals surface area contributed by atoms with Gasteiger partial charge in [-0.3, -0.25) is 24.2 Å². The van der Waals surface area contributed by atoms with E-state index in [0.29, 0.717) is 35.7 Å². The monoisotopic (exact) mass is 588 g/mol. The first-order valence-electron chi connectivity index (χ1n) is 14.6. The van der Waals surface area contributed by atoms with Crippen LogP contribution in [0, 0.1) is 17.8 Å². The number of aliphatic carboxylic acids is 1. The van der Waals surface area contributed by atoms with Gasteiger partial charge < -0.3 is 5.11 Å². The van der Waals surface area contributed by atoms with Gasteiger partial charge in [-0.1, -0.05) is 62.1 Å². The van der Waals surface area contributed by atoms with Crippen molar-refractivity contribution >= 4 is 40.1 Å². The zero-order valence-electron chi connectivity index (χ0n) is 23.2. The van der Waals surface area contributed by atoms with Gasteiger partial charge in [0, 0.05) is 42.2 Å². The molecule has 1 saturated carbocycles. The molecule has 0 bridgehead atoms. The quantitative estimate of drug-likeness (QED) is 0.333. The molecule has 6 rings (SSSR count). The fraction of sp³-hybridized carbons (Fsp3) is 0.406. The summed E-state index contributed by atoms with van der Waals surface area (Å²) >= 11 is 1.37. The summed E-state index contributed by atoms with van der Waals surface area (Å²) < 4.78 is 13.7. The Morgan fingerprint density at radius 1 is 1.00 bits per heavy atom. The molecule has 8 nitrogen and oxygen atoms in total. The van der Waals surface area contributed by atoms with Gasteiger partial charge in [-0.2, -0.15) is 0 Å². The lowest BCUT2D eigenvalue weighted by molar-refractivity contribution is -0.142. The van der Waals surface area contributed by atoms with Crippen LogP contribution in [0.15, 0.2) is 60.1 Å². The molecule has 2 fully saturated rings. The summed E-state index contributed by atoms with van der Waals surface area (Å²) in [6.07, 6.45) is 9.36. The van der Waals surface area contributed by atoms with Crippen LogP contribution in [0.1, 0.15) is 44.9 Å². The summed E-state index contributed by atoms with van der Waals surface area (Å²) in [6.45, 7) is 0.658. The number of pyridine rings is 1. The number of allylic oxidation sites excluding steroid dienone is 1. The summed E-state index contributed by atoms with van der Waals surface area (Å²) in [4.78, 5) is 50.2. The van der Waals surface area contributed by atoms with Crippen LogP contribution >= 0.6 is 11.3 Å². The lowest BCUT2D eigenvalue weighted by atomic mass is 9.75. The molecule has 42 heavy (non-hydrogen) atoms. The molecule has 1 aliphatic carbocycles.